The number of nitrogens with one attached hydrogen (secondary N) is 2. The summed E-state index contributed by atoms with van der Waals surface area (Å²) in [5.74, 6) is -2.06. The molecule has 9 heteroatoms. The molecule has 1 aromatic rings. The Kier molecular flexibility index (Phi) is 6.65. The Balaban J connectivity index is 1.62. The zero-order valence-corrected chi connectivity index (χ0v) is 20.0. The molecule has 1 aromatic carbocycles. The van der Waals surface area contributed by atoms with Gasteiger partial charge in [0.1, 0.15) is 5.82 Å². The molecule has 2 N–H and O–H groups in total. The molecule has 1 atom stereocenters. The molecular weight excluding hydrogens is 437 g/mol. The monoisotopic (exact) mass is 467 g/mol. The van der Waals surface area contributed by atoms with E-state index in [1.807, 2.05) is 11.8 Å². The van der Waals surface area contributed by atoms with Crippen LogP contribution in [0.1, 0.15) is 45.6 Å². The lowest BCUT2D eigenvalue weighted by Gasteiger charge is -2.30. The minimum Gasteiger partial charge on any atom is -0.337 e. The number of carbonyl (C=O) groups is 3. The first-order valence-electron chi connectivity index (χ1n) is 11.7. The van der Waals surface area contributed by atoms with Crippen LogP contribution < -0.4 is 10.6 Å². The molecular formula is C25H30FN5O3. The van der Waals surface area contributed by atoms with Gasteiger partial charge in [0.15, 0.2) is 0 Å². The van der Waals surface area contributed by atoms with E-state index in [0.717, 1.165) is 30.9 Å². The Morgan fingerprint density at radius 1 is 1.32 bits per heavy atom. The highest BCUT2D eigenvalue weighted by atomic mass is 19.1. The molecule has 1 saturated heterocycles. The van der Waals surface area contributed by atoms with Gasteiger partial charge in [0.2, 0.25) is 11.8 Å². The van der Waals surface area contributed by atoms with Crippen LogP contribution in [0.4, 0.5) is 15.8 Å². The predicted octanol–water partition coefficient (Wildman–Crippen LogP) is 3.05. The SMILES string of the molecule is CCN(CC)CCN1CCC2=NC(=CC3C(=O)Nc4c(NC(C)=O)cc(F)cc43)C(C)=C2C1=O. The summed E-state index contributed by atoms with van der Waals surface area (Å²) >= 11 is 0. The fourth-order valence-electron chi connectivity index (χ4n) is 4.74. The van der Waals surface area contributed by atoms with Crippen LogP contribution in [0.15, 0.2) is 40.0 Å². The number of allylic oxidation sites excluding steroid dienone is 1. The first-order chi connectivity index (χ1) is 16.2. The number of likely N-dealkylation sites (N-methyl/N-ethyl adjacent to an activating group) is 1. The number of amides is 3. The summed E-state index contributed by atoms with van der Waals surface area (Å²) in [7, 11) is 0. The lowest BCUT2D eigenvalue weighted by molar-refractivity contribution is -0.127. The molecule has 8 nitrogen and oxygen atoms in total. The molecule has 180 valence electrons. The van der Waals surface area contributed by atoms with E-state index < -0.39 is 11.7 Å². The molecule has 0 aliphatic carbocycles. The average Bonchev–Trinajstić information content (AvgIpc) is 3.27. The number of hydrogen-bond acceptors (Lipinski definition) is 5. The van der Waals surface area contributed by atoms with Crippen LogP contribution in [-0.2, 0) is 14.4 Å². The molecule has 3 amide bonds. The third kappa shape index (κ3) is 4.40. The number of likely N-dealkylation sites (tertiary alicyclic amines) is 1. The van der Waals surface area contributed by atoms with E-state index >= 15 is 0 Å². The van der Waals surface area contributed by atoms with Crippen molar-refractivity contribution in [3.05, 3.63) is 46.4 Å². The minimum absolute atomic E-state index is 0.0340. The third-order valence-corrected chi connectivity index (χ3v) is 6.64. The van der Waals surface area contributed by atoms with Crippen molar-refractivity contribution in [2.24, 2.45) is 4.99 Å². The molecule has 0 radical (unpaired) electrons. The Morgan fingerprint density at radius 2 is 2.06 bits per heavy atom. The number of rotatable bonds is 7. The number of fused-ring (bicyclic) bond motifs is 2. The van der Waals surface area contributed by atoms with E-state index in [-0.39, 0.29) is 23.4 Å². The van der Waals surface area contributed by atoms with E-state index in [1.54, 1.807) is 6.08 Å². The molecule has 3 heterocycles. The average molecular weight is 468 g/mol. The molecule has 34 heavy (non-hydrogen) atoms. The zero-order chi connectivity index (χ0) is 24.6. The highest BCUT2D eigenvalue weighted by Crippen LogP contribution is 2.41. The van der Waals surface area contributed by atoms with Crippen molar-refractivity contribution in [1.29, 1.82) is 0 Å². The summed E-state index contributed by atoms with van der Waals surface area (Å²) in [4.78, 5) is 46.3. The Labute approximate surface area is 198 Å². The number of piperidine rings is 1. The van der Waals surface area contributed by atoms with Gasteiger partial charge in [0, 0.05) is 33.0 Å². The molecule has 3 aliphatic rings. The first kappa shape index (κ1) is 23.8. The molecule has 3 aliphatic heterocycles. The lowest BCUT2D eigenvalue weighted by atomic mass is 9.95. The maximum absolute atomic E-state index is 14.3. The van der Waals surface area contributed by atoms with Crippen LogP contribution in [0.2, 0.25) is 0 Å². The van der Waals surface area contributed by atoms with Crippen molar-refractivity contribution >= 4 is 34.8 Å². The van der Waals surface area contributed by atoms with E-state index in [4.69, 9.17) is 0 Å². The smallest absolute Gasteiger partial charge is 0.256 e. The zero-order valence-electron chi connectivity index (χ0n) is 20.0. The minimum atomic E-state index is -0.776. The van der Waals surface area contributed by atoms with Gasteiger partial charge in [-0.05, 0) is 49.4 Å². The van der Waals surface area contributed by atoms with Gasteiger partial charge in [0.25, 0.3) is 5.91 Å². The number of halogens is 1. The largest absolute Gasteiger partial charge is 0.337 e. The van der Waals surface area contributed by atoms with Gasteiger partial charge in [-0.25, -0.2) is 4.39 Å². The van der Waals surface area contributed by atoms with Gasteiger partial charge >= 0.3 is 0 Å². The summed E-state index contributed by atoms with van der Waals surface area (Å²) in [5, 5.41) is 5.31. The van der Waals surface area contributed by atoms with E-state index in [0.29, 0.717) is 42.0 Å². The van der Waals surface area contributed by atoms with Crippen LogP contribution in [0.25, 0.3) is 0 Å². The fraction of sp³-hybridized carbons (Fsp3) is 0.440. The van der Waals surface area contributed by atoms with Crippen LogP contribution in [0, 0.1) is 5.82 Å². The molecule has 0 saturated carbocycles. The highest BCUT2D eigenvalue weighted by Gasteiger charge is 2.37. The summed E-state index contributed by atoms with van der Waals surface area (Å²) in [6.07, 6.45) is 2.34. The van der Waals surface area contributed by atoms with Gasteiger partial charge in [-0.2, -0.15) is 0 Å². The maximum atomic E-state index is 14.3. The Hall–Kier alpha value is -3.33. The van der Waals surface area contributed by atoms with Gasteiger partial charge in [0.05, 0.1) is 34.3 Å². The quantitative estimate of drug-likeness (QED) is 0.645. The van der Waals surface area contributed by atoms with Gasteiger partial charge in [-0.15, -0.1) is 0 Å². The van der Waals surface area contributed by atoms with Crippen molar-refractivity contribution in [2.75, 3.05) is 43.4 Å². The number of carbonyl (C=O) groups excluding carboxylic acids is 3. The number of anilines is 2. The molecule has 0 aromatic heterocycles. The fourth-order valence-corrected chi connectivity index (χ4v) is 4.74. The van der Waals surface area contributed by atoms with Gasteiger partial charge < -0.3 is 20.4 Å². The van der Waals surface area contributed by atoms with E-state index in [1.165, 1.54) is 19.1 Å². The number of aliphatic imine (C=N–C) groups is 1. The predicted molar refractivity (Wildman–Crippen MR) is 129 cm³/mol. The first-order valence-corrected chi connectivity index (χ1v) is 11.7. The van der Waals surface area contributed by atoms with Crippen molar-refractivity contribution < 1.29 is 18.8 Å². The van der Waals surface area contributed by atoms with Crippen LogP contribution >= 0.6 is 0 Å². The Morgan fingerprint density at radius 3 is 2.74 bits per heavy atom. The lowest BCUT2D eigenvalue weighted by Crippen LogP contribution is -2.44. The van der Waals surface area contributed by atoms with Gasteiger partial charge in [-0.1, -0.05) is 13.8 Å². The molecule has 1 unspecified atom stereocenters. The van der Waals surface area contributed by atoms with Crippen molar-refractivity contribution in [3.8, 4) is 0 Å². The van der Waals surface area contributed by atoms with Crippen molar-refractivity contribution in [2.45, 2.75) is 40.0 Å². The topological polar surface area (TPSA) is 94.1 Å². The van der Waals surface area contributed by atoms with E-state index in [2.05, 4.69) is 34.4 Å². The summed E-state index contributed by atoms with van der Waals surface area (Å²) < 4.78 is 14.3. The number of hydrogen-bond donors (Lipinski definition) is 2. The molecule has 4 rings (SSSR count). The van der Waals surface area contributed by atoms with E-state index in [9.17, 15) is 18.8 Å². The highest BCUT2D eigenvalue weighted by molar-refractivity contribution is 6.26. The number of nitrogens with zero attached hydrogens (tertiary/aromatic N) is 3. The normalized spacial score (nSPS) is 20.6. The van der Waals surface area contributed by atoms with Crippen molar-refractivity contribution in [1.82, 2.24) is 9.80 Å². The second-order valence-corrected chi connectivity index (χ2v) is 8.75. The Bertz CT molecular complexity index is 1150. The summed E-state index contributed by atoms with van der Waals surface area (Å²) in [6, 6.07) is 2.47. The second kappa shape index (κ2) is 9.50. The summed E-state index contributed by atoms with van der Waals surface area (Å²) in [5.41, 5.74) is 3.67. The molecule has 1 fully saturated rings. The maximum Gasteiger partial charge on any atom is 0.256 e. The second-order valence-electron chi connectivity index (χ2n) is 8.75. The molecule has 0 spiro atoms. The standard InChI is InChI=1S/C25H30FN5O3/c1-5-30(6-2)9-10-31-8-7-19-22(25(31)34)14(3)20(28-19)13-18-17-11-16(26)12-21(27-15(4)32)23(17)29-24(18)33/h11-13,18H,5-10H2,1-4H3,(H,27,32)(H,29,33). The number of benzene rings is 1. The third-order valence-electron chi connectivity index (χ3n) is 6.64. The van der Waals surface area contributed by atoms with Crippen LogP contribution in [0.3, 0.4) is 0 Å². The molecule has 0 bridgehead atoms. The summed E-state index contributed by atoms with van der Waals surface area (Å²) in [6.45, 7) is 11.3. The van der Waals surface area contributed by atoms with Crippen LogP contribution in [-0.4, -0.2) is 66.0 Å². The van der Waals surface area contributed by atoms with Gasteiger partial charge in [-0.3, -0.25) is 19.4 Å². The van der Waals surface area contributed by atoms with Crippen LogP contribution in [0.5, 0.6) is 0 Å². The van der Waals surface area contributed by atoms with Crippen molar-refractivity contribution in [3.63, 3.8) is 0 Å².